The van der Waals surface area contributed by atoms with E-state index in [-0.39, 0.29) is 0 Å². The van der Waals surface area contributed by atoms with E-state index in [0.717, 1.165) is 5.56 Å². The number of benzene rings is 1. The third-order valence-corrected chi connectivity index (χ3v) is 2.69. The number of rotatable bonds is 7. The lowest BCUT2D eigenvalue weighted by molar-refractivity contribution is -0.140. The molecule has 1 amide bonds. The Morgan fingerprint density at radius 2 is 2.00 bits per heavy atom. The molecule has 0 unspecified atom stereocenters. The van der Waals surface area contributed by atoms with Gasteiger partial charge >= 0.3 is 5.97 Å². The van der Waals surface area contributed by atoms with Gasteiger partial charge in [0.15, 0.2) is 6.04 Å². The summed E-state index contributed by atoms with van der Waals surface area (Å²) in [5.74, 6) is -1.75. The Bertz CT molecular complexity index is 448. The Labute approximate surface area is 111 Å². The Morgan fingerprint density at radius 1 is 1.32 bits per heavy atom. The van der Waals surface area contributed by atoms with Gasteiger partial charge in [-0.3, -0.25) is 4.79 Å². The predicted molar refractivity (Wildman–Crippen MR) is 70.0 cm³/mol. The maximum atomic E-state index is 12.0. The van der Waals surface area contributed by atoms with Crippen molar-refractivity contribution in [3.8, 4) is 0 Å². The molecule has 0 saturated carbocycles. The highest BCUT2D eigenvalue weighted by Gasteiger charge is 2.20. The van der Waals surface area contributed by atoms with E-state index >= 15 is 0 Å². The van der Waals surface area contributed by atoms with Gasteiger partial charge in [-0.1, -0.05) is 18.2 Å². The zero-order valence-corrected chi connectivity index (χ0v) is 10.7. The van der Waals surface area contributed by atoms with E-state index in [1.165, 1.54) is 0 Å². The second kappa shape index (κ2) is 7.50. The van der Waals surface area contributed by atoms with E-state index < -0.39 is 24.5 Å². The summed E-state index contributed by atoms with van der Waals surface area (Å²) in [4.78, 5) is 22.8. The lowest BCUT2D eigenvalue weighted by Crippen LogP contribution is -2.43. The van der Waals surface area contributed by atoms with Crippen LogP contribution in [0.15, 0.2) is 24.3 Å². The van der Waals surface area contributed by atoms with E-state index in [1.54, 1.807) is 12.1 Å². The Kier molecular flexibility index (Phi) is 5.98. The normalized spacial score (nSPS) is 11.9. The SMILES string of the molecule is CNCCc1ccccc1C(=O)N[C@@H](CO)C(=O)O. The summed E-state index contributed by atoms with van der Waals surface area (Å²) in [6.45, 7) is 0.0758. The van der Waals surface area contributed by atoms with Crippen LogP contribution in [-0.4, -0.2) is 48.3 Å². The quantitative estimate of drug-likeness (QED) is 0.539. The molecular formula is C13H18N2O4. The van der Waals surface area contributed by atoms with Crippen LogP contribution in [-0.2, 0) is 11.2 Å². The van der Waals surface area contributed by atoms with Gasteiger partial charge in [-0.2, -0.15) is 0 Å². The van der Waals surface area contributed by atoms with Gasteiger partial charge in [-0.05, 0) is 31.6 Å². The summed E-state index contributed by atoms with van der Waals surface area (Å²) in [7, 11) is 1.81. The lowest BCUT2D eigenvalue weighted by atomic mass is 10.0. The minimum absolute atomic E-state index is 0.428. The van der Waals surface area contributed by atoms with E-state index in [1.807, 2.05) is 19.2 Å². The van der Waals surface area contributed by atoms with Crippen molar-refractivity contribution in [2.24, 2.45) is 0 Å². The number of amides is 1. The molecule has 0 heterocycles. The van der Waals surface area contributed by atoms with Gasteiger partial charge in [0.05, 0.1) is 6.61 Å². The molecule has 1 atom stereocenters. The number of carbonyl (C=O) groups is 2. The molecule has 0 spiro atoms. The van der Waals surface area contributed by atoms with E-state index in [4.69, 9.17) is 10.2 Å². The van der Waals surface area contributed by atoms with Gasteiger partial charge in [-0.25, -0.2) is 4.79 Å². The van der Waals surface area contributed by atoms with Crippen molar-refractivity contribution in [1.29, 1.82) is 0 Å². The molecule has 6 nitrogen and oxygen atoms in total. The first kappa shape index (κ1) is 15.1. The standard InChI is InChI=1S/C13H18N2O4/c1-14-7-6-9-4-2-3-5-10(9)12(17)15-11(8-16)13(18)19/h2-5,11,14,16H,6-8H2,1H3,(H,15,17)(H,18,19)/t11-/m0/s1. The van der Waals surface area contributed by atoms with Crippen LogP contribution < -0.4 is 10.6 Å². The topological polar surface area (TPSA) is 98.7 Å². The Morgan fingerprint density at radius 3 is 2.58 bits per heavy atom. The molecule has 19 heavy (non-hydrogen) atoms. The number of carbonyl (C=O) groups excluding carboxylic acids is 1. The fourth-order valence-electron chi connectivity index (χ4n) is 1.64. The zero-order valence-electron chi connectivity index (χ0n) is 10.7. The van der Waals surface area contributed by atoms with Crippen molar-refractivity contribution in [2.75, 3.05) is 20.2 Å². The number of aliphatic hydroxyl groups excluding tert-OH is 1. The summed E-state index contributed by atoms with van der Waals surface area (Å²) in [5.41, 5.74) is 1.26. The van der Waals surface area contributed by atoms with Crippen molar-refractivity contribution in [1.82, 2.24) is 10.6 Å². The number of aliphatic carboxylic acids is 1. The summed E-state index contributed by atoms with van der Waals surface area (Å²) < 4.78 is 0. The van der Waals surface area contributed by atoms with Crippen LogP contribution in [0.4, 0.5) is 0 Å². The first-order valence-electron chi connectivity index (χ1n) is 5.97. The van der Waals surface area contributed by atoms with Crippen LogP contribution in [0.5, 0.6) is 0 Å². The smallest absolute Gasteiger partial charge is 0.328 e. The van der Waals surface area contributed by atoms with Crippen LogP contribution >= 0.6 is 0 Å². The van der Waals surface area contributed by atoms with Crippen molar-refractivity contribution < 1.29 is 19.8 Å². The molecule has 0 radical (unpaired) electrons. The predicted octanol–water partition coefficient (Wildman–Crippen LogP) is -0.376. The van der Waals surface area contributed by atoms with Crippen molar-refractivity contribution in [3.05, 3.63) is 35.4 Å². The highest BCUT2D eigenvalue weighted by Crippen LogP contribution is 2.09. The first-order valence-corrected chi connectivity index (χ1v) is 5.97. The Hall–Kier alpha value is -1.92. The average Bonchev–Trinajstić information content (AvgIpc) is 2.42. The van der Waals surface area contributed by atoms with Crippen LogP contribution in [0, 0.1) is 0 Å². The van der Waals surface area contributed by atoms with Crippen LogP contribution in [0.1, 0.15) is 15.9 Å². The van der Waals surface area contributed by atoms with Crippen LogP contribution in [0.25, 0.3) is 0 Å². The second-order valence-electron chi connectivity index (χ2n) is 4.06. The molecule has 0 bridgehead atoms. The molecule has 1 aromatic rings. The molecular weight excluding hydrogens is 248 g/mol. The molecule has 0 aliphatic rings. The highest BCUT2D eigenvalue weighted by atomic mass is 16.4. The maximum Gasteiger partial charge on any atom is 0.328 e. The number of hydrogen-bond donors (Lipinski definition) is 4. The average molecular weight is 266 g/mol. The zero-order chi connectivity index (χ0) is 14.3. The molecule has 0 fully saturated rings. The Balaban J connectivity index is 2.83. The van der Waals surface area contributed by atoms with Crippen LogP contribution in [0.2, 0.25) is 0 Å². The van der Waals surface area contributed by atoms with E-state index in [9.17, 15) is 9.59 Å². The van der Waals surface area contributed by atoms with Gasteiger partial charge < -0.3 is 20.8 Å². The molecule has 6 heteroatoms. The number of carboxylic acids is 1. The number of carboxylic acid groups (broad SMARTS) is 1. The minimum atomic E-state index is -1.29. The fraction of sp³-hybridized carbons (Fsp3) is 0.385. The highest BCUT2D eigenvalue weighted by molar-refractivity contribution is 5.97. The largest absolute Gasteiger partial charge is 0.480 e. The lowest BCUT2D eigenvalue weighted by Gasteiger charge is -2.14. The molecule has 1 aromatic carbocycles. The molecule has 0 aromatic heterocycles. The molecule has 0 aliphatic carbocycles. The molecule has 4 N–H and O–H groups in total. The van der Waals surface area contributed by atoms with E-state index in [2.05, 4.69) is 10.6 Å². The number of aliphatic hydroxyl groups is 1. The maximum absolute atomic E-state index is 12.0. The molecule has 104 valence electrons. The van der Waals surface area contributed by atoms with E-state index in [0.29, 0.717) is 18.5 Å². The molecule has 0 aliphatic heterocycles. The van der Waals surface area contributed by atoms with Gasteiger partial charge in [0.25, 0.3) is 5.91 Å². The number of hydrogen-bond acceptors (Lipinski definition) is 4. The third-order valence-electron chi connectivity index (χ3n) is 2.69. The summed E-state index contributed by atoms with van der Waals surface area (Å²) in [5, 5.41) is 23.0. The monoisotopic (exact) mass is 266 g/mol. The number of likely N-dealkylation sites (N-methyl/N-ethyl adjacent to an activating group) is 1. The van der Waals surface area contributed by atoms with Gasteiger partial charge in [0.2, 0.25) is 0 Å². The first-order chi connectivity index (χ1) is 9.10. The molecule has 1 rings (SSSR count). The van der Waals surface area contributed by atoms with Crippen molar-refractivity contribution in [3.63, 3.8) is 0 Å². The van der Waals surface area contributed by atoms with Crippen molar-refractivity contribution >= 4 is 11.9 Å². The van der Waals surface area contributed by atoms with Gasteiger partial charge in [0, 0.05) is 5.56 Å². The fourth-order valence-corrected chi connectivity index (χ4v) is 1.64. The third kappa shape index (κ3) is 4.35. The van der Waals surface area contributed by atoms with Gasteiger partial charge in [0.1, 0.15) is 0 Å². The molecule has 0 saturated heterocycles. The summed E-state index contributed by atoms with van der Waals surface area (Å²) >= 11 is 0. The van der Waals surface area contributed by atoms with Gasteiger partial charge in [-0.15, -0.1) is 0 Å². The van der Waals surface area contributed by atoms with Crippen molar-refractivity contribution in [2.45, 2.75) is 12.5 Å². The minimum Gasteiger partial charge on any atom is -0.480 e. The summed E-state index contributed by atoms with van der Waals surface area (Å²) in [6, 6.07) is 5.71. The number of nitrogens with one attached hydrogen (secondary N) is 2. The second-order valence-corrected chi connectivity index (χ2v) is 4.06. The summed E-state index contributed by atoms with van der Waals surface area (Å²) in [6.07, 6.45) is 0.664. The van der Waals surface area contributed by atoms with Crippen LogP contribution in [0.3, 0.4) is 0 Å².